The second kappa shape index (κ2) is 6.14. The van der Waals surface area contributed by atoms with Gasteiger partial charge in [-0.3, -0.25) is 9.59 Å². The zero-order valence-corrected chi connectivity index (χ0v) is 11.6. The van der Waals surface area contributed by atoms with Crippen molar-refractivity contribution in [2.75, 3.05) is 7.05 Å². The predicted molar refractivity (Wildman–Crippen MR) is 68.9 cm³/mol. The summed E-state index contributed by atoms with van der Waals surface area (Å²) in [6.45, 7) is 0. The summed E-state index contributed by atoms with van der Waals surface area (Å²) in [4.78, 5) is 21.9. The minimum atomic E-state index is -3.77. The summed E-state index contributed by atoms with van der Waals surface area (Å²) < 4.78 is 25.4. The molecule has 0 aliphatic carbocycles. The quantitative estimate of drug-likeness (QED) is 0.771. The number of Topliss-reactive ketones (excluding diaryl/α,β-unsaturated/α-hetero) is 1. The monoisotopic (exact) mass is 305 g/mol. The fraction of sp³-hybridized carbons (Fsp3) is 0.273. The molecule has 1 rings (SSSR count). The van der Waals surface area contributed by atoms with Crippen molar-refractivity contribution in [3.63, 3.8) is 0 Å². The van der Waals surface area contributed by atoms with Gasteiger partial charge in [0.1, 0.15) is 4.90 Å². The maximum Gasteiger partial charge on any atom is 0.303 e. The molecule has 19 heavy (non-hydrogen) atoms. The Morgan fingerprint density at radius 1 is 1.32 bits per heavy atom. The number of carboxylic acids is 1. The van der Waals surface area contributed by atoms with Crippen molar-refractivity contribution in [2.45, 2.75) is 17.7 Å². The van der Waals surface area contributed by atoms with Gasteiger partial charge in [-0.15, -0.1) is 0 Å². The average molecular weight is 306 g/mol. The van der Waals surface area contributed by atoms with E-state index in [1.165, 1.54) is 19.2 Å². The maximum absolute atomic E-state index is 11.7. The van der Waals surface area contributed by atoms with Gasteiger partial charge in [0.25, 0.3) is 0 Å². The van der Waals surface area contributed by atoms with Crippen molar-refractivity contribution >= 4 is 33.4 Å². The molecule has 0 saturated heterocycles. The largest absolute Gasteiger partial charge is 0.481 e. The first kappa shape index (κ1) is 15.6. The van der Waals surface area contributed by atoms with E-state index < -0.39 is 21.8 Å². The van der Waals surface area contributed by atoms with E-state index in [0.29, 0.717) is 0 Å². The highest BCUT2D eigenvalue weighted by Crippen LogP contribution is 2.23. The first-order valence-electron chi connectivity index (χ1n) is 5.26. The number of hydrogen-bond acceptors (Lipinski definition) is 4. The number of benzene rings is 1. The van der Waals surface area contributed by atoms with E-state index in [9.17, 15) is 18.0 Å². The third kappa shape index (κ3) is 4.02. The molecule has 6 nitrogen and oxygen atoms in total. The minimum Gasteiger partial charge on any atom is -0.481 e. The molecular weight excluding hydrogens is 294 g/mol. The average Bonchev–Trinajstić information content (AvgIpc) is 2.36. The Morgan fingerprint density at radius 3 is 2.47 bits per heavy atom. The Labute approximate surface area is 115 Å². The molecule has 0 heterocycles. The fourth-order valence-electron chi connectivity index (χ4n) is 1.36. The Kier molecular flexibility index (Phi) is 5.04. The molecule has 1 aromatic carbocycles. The molecule has 0 aliphatic rings. The van der Waals surface area contributed by atoms with Crippen molar-refractivity contribution in [3.8, 4) is 0 Å². The molecule has 0 unspecified atom stereocenters. The molecule has 0 saturated carbocycles. The Morgan fingerprint density at radius 2 is 1.95 bits per heavy atom. The zero-order valence-electron chi connectivity index (χ0n) is 10.0. The van der Waals surface area contributed by atoms with Gasteiger partial charge in [-0.05, 0) is 25.2 Å². The third-order valence-corrected chi connectivity index (χ3v) is 4.27. The topological polar surface area (TPSA) is 101 Å². The van der Waals surface area contributed by atoms with E-state index in [4.69, 9.17) is 16.7 Å². The number of ketones is 1. The summed E-state index contributed by atoms with van der Waals surface area (Å²) in [5.41, 5.74) is 0.111. The number of nitrogens with one attached hydrogen (secondary N) is 1. The number of hydrogen-bond donors (Lipinski definition) is 2. The van der Waals surface area contributed by atoms with Crippen molar-refractivity contribution < 1.29 is 23.1 Å². The summed E-state index contributed by atoms with van der Waals surface area (Å²) in [6, 6.07) is 3.79. The van der Waals surface area contributed by atoms with Crippen molar-refractivity contribution in [3.05, 3.63) is 28.8 Å². The number of sulfonamides is 1. The molecule has 2 N–H and O–H groups in total. The molecule has 104 valence electrons. The lowest BCUT2D eigenvalue weighted by Crippen LogP contribution is -2.19. The third-order valence-electron chi connectivity index (χ3n) is 2.38. The lowest BCUT2D eigenvalue weighted by molar-refractivity contribution is -0.136. The van der Waals surface area contributed by atoms with Gasteiger partial charge in [-0.2, -0.15) is 0 Å². The zero-order chi connectivity index (χ0) is 14.6. The summed E-state index contributed by atoms with van der Waals surface area (Å²) in [7, 11) is -2.54. The highest BCUT2D eigenvalue weighted by Gasteiger charge is 2.18. The van der Waals surface area contributed by atoms with Gasteiger partial charge in [0.15, 0.2) is 5.78 Å². The number of aliphatic carboxylic acids is 1. The second-order valence-electron chi connectivity index (χ2n) is 3.67. The van der Waals surface area contributed by atoms with Gasteiger partial charge in [0, 0.05) is 12.0 Å². The normalized spacial score (nSPS) is 11.3. The van der Waals surface area contributed by atoms with Gasteiger partial charge >= 0.3 is 5.97 Å². The van der Waals surface area contributed by atoms with Crippen LogP contribution in [0.25, 0.3) is 0 Å². The Bertz CT molecular complexity index is 612. The standard InChI is InChI=1S/C11H12ClNO5S/c1-13-19(17,18)10-6-7(2-3-8(10)12)9(14)4-5-11(15)16/h2-3,6,13H,4-5H2,1H3,(H,15,16). The second-order valence-corrected chi connectivity index (χ2v) is 5.93. The fourth-order valence-corrected chi connectivity index (χ4v) is 2.61. The Balaban J connectivity index is 3.10. The van der Waals surface area contributed by atoms with Crippen LogP contribution in [0.1, 0.15) is 23.2 Å². The number of carbonyl (C=O) groups excluding carboxylic acids is 1. The highest BCUT2D eigenvalue weighted by molar-refractivity contribution is 7.89. The summed E-state index contributed by atoms with van der Waals surface area (Å²) in [5, 5.41) is 8.49. The lowest BCUT2D eigenvalue weighted by Gasteiger charge is -2.07. The number of carbonyl (C=O) groups is 2. The summed E-state index contributed by atoms with van der Waals surface area (Å²) in [5.74, 6) is -1.54. The van der Waals surface area contributed by atoms with Gasteiger partial charge in [-0.25, -0.2) is 13.1 Å². The van der Waals surface area contributed by atoms with Crippen LogP contribution in [0.2, 0.25) is 5.02 Å². The molecule has 0 radical (unpaired) electrons. The molecule has 0 fully saturated rings. The van der Waals surface area contributed by atoms with Crippen LogP contribution in [-0.2, 0) is 14.8 Å². The lowest BCUT2D eigenvalue weighted by atomic mass is 10.1. The van der Waals surface area contributed by atoms with Crippen LogP contribution in [0.3, 0.4) is 0 Å². The molecule has 8 heteroatoms. The summed E-state index contributed by atoms with van der Waals surface area (Å²) in [6.07, 6.45) is -0.508. The maximum atomic E-state index is 11.7. The molecule has 1 aromatic rings. The molecule has 0 aromatic heterocycles. The van der Waals surface area contributed by atoms with Gasteiger partial charge in [0.05, 0.1) is 11.4 Å². The van der Waals surface area contributed by atoms with Crippen LogP contribution >= 0.6 is 11.6 Å². The number of rotatable bonds is 6. The van der Waals surface area contributed by atoms with E-state index in [1.807, 2.05) is 0 Å². The van der Waals surface area contributed by atoms with E-state index in [-0.39, 0.29) is 28.3 Å². The Hall–Kier alpha value is -1.44. The molecule has 0 atom stereocenters. The van der Waals surface area contributed by atoms with Crippen molar-refractivity contribution in [2.24, 2.45) is 0 Å². The predicted octanol–water partition coefficient (Wildman–Crippen LogP) is 1.30. The van der Waals surface area contributed by atoms with Crippen LogP contribution in [0.4, 0.5) is 0 Å². The highest BCUT2D eigenvalue weighted by atomic mass is 35.5. The van der Waals surface area contributed by atoms with E-state index in [2.05, 4.69) is 4.72 Å². The molecular formula is C11H12ClNO5S. The minimum absolute atomic E-state index is 0.0101. The van der Waals surface area contributed by atoms with E-state index >= 15 is 0 Å². The first-order chi connectivity index (χ1) is 8.77. The number of halogens is 1. The molecule has 0 spiro atoms. The van der Waals surface area contributed by atoms with Crippen LogP contribution < -0.4 is 4.72 Å². The van der Waals surface area contributed by atoms with Crippen molar-refractivity contribution in [1.29, 1.82) is 0 Å². The SMILES string of the molecule is CNS(=O)(=O)c1cc(C(=O)CCC(=O)O)ccc1Cl. The van der Waals surface area contributed by atoms with Gasteiger partial charge < -0.3 is 5.11 Å². The molecule has 0 aliphatic heterocycles. The van der Waals surface area contributed by atoms with Crippen LogP contribution in [0.15, 0.2) is 23.1 Å². The van der Waals surface area contributed by atoms with E-state index in [0.717, 1.165) is 6.07 Å². The smallest absolute Gasteiger partial charge is 0.303 e. The van der Waals surface area contributed by atoms with Crippen LogP contribution in [0.5, 0.6) is 0 Å². The van der Waals surface area contributed by atoms with Crippen LogP contribution in [0, 0.1) is 0 Å². The number of carboxylic acid groups (broad SMARTS) is 1. The van der Waals surface area contributed by atoms with Gasteiger partial charge in [0.2, 0.25) is 10.0 Å². The van der Waals surface area contributed by atoms with Crippen molar-refractivity contribution in [1.82, 2.24) is 4.72 Å². The molecule has 0 amide bonds. The van der Waals surface area contributed by atoms with Gasteiger partial charge in [-0.1, -0.05) is 11.6 Å². The summed E-state index contributed by atoms with van der Waals surface area (Å²) >= 11 is 5.77. The first-order valence-corrected chi connectivity index (χ1v) is 7.12. The van der Waals surface area contributed by atoms with E-state index in [1.54, 1.807) is 0 Å². The molecule has 0 bridgehead atoms. The van der Waals surface area contributed by atoms with Crippen LogP contribution in [-0.4, -0.2) is 32.3 Å².